The summed E-state index contributed by atoms with van der Waals surface area (Å²) in [5.74, 6) is 0.141. The van der Waals surface area contributed by atoms with Gasteiger partial charge in [-0.2, -0.15) is 0 Å². The van der Waals surface area contributed by atoms with E-state index in [1.807, 2.05) is 43.8 Å². The Kier molecular flexibility index (Phi) is 14.7. The Hall–Kier alpha value is -2.80. The van der Waals surface area contributed by atoms with E-state index in [9.17, 15) is 9.18 Å². The highest BCUT2D eigenvalue weighted by atomic mass is 19.1. The fraction of sp³-hybridized carbons (Fsp3) is 0.594. The number of hydrogen-bond donors (Lipinski definition) is 1. The van der Waals surface area contributed by atoms with Gasteiger partial charge in [-0.3, -0.25) is 4.98 Å². The zero-order chi connectivity index (χ0) is 28.6. The fourth-order valence-corrected chi connectivity index (χ4v) is 4.33. The van der Waals surface area contributed by atoms with Crippen molar-refractivity contribution in [2.24, 2.45) is 0 Å². The number of rotatable bonds is 7. The van der Waals surface area contributed by atoms with Crippen molar-refractivity contribution in [3.05, 3.63) is 59.1 Å². The number of carbonyl (C=O) groups is 1. The molecule has 7 heteroatoms. The number of halogens is 1. The van der Waals surface area contributed by atoms with Crippen LogP contribution in [-0.4, -0.2) is 46.3 Å². The summed E-state index contributed by atoms with van der Waals surface area (Å²) in [5, 5.41) is 3.39. The second-order valence-electron chi connectivity index (χ2n) is 10.4. The molecule has 3 aromatic heterocycles. The number of hydrogen-bond acceptors (Lipinski definition) is 5. The third-order valence-corrected chi connectivity index (χ3v) is 6.42. The van der Waals surface area contributed by atoms with Gasteiger partial charge in [0.1, 0.15) is 17.2 Å². The smallest absolute Gasteiger partial charge is 0.139 e. The topological polar surface area (TPSA) is 62.5 Å². The van der Waals surface area contributed by atoms with E-state index >= 15 is 0 Å². The van der Waals surface area contributed by atoms with E-state index < -0.39 is 0 Å². The van der Waals surface area contributed by atoms with E-state index in [1.165, 1.54) is 48.7 Å². The van der Waals surface area contributed by atoms with Crippen molar-refractivity contribution in [1.82, 2.24) is 19.7 Å². The number of nitrogens with zero attached hydrogens (tertiary/aromatic N) is 4. The SMILES string of the molecule is C1CC1.CCCC(C)=O.CCCc1c(N2CCNCC2)ccnc1C.CCCc1cn2cc(C)nc2cc1F. The predicted octanol–water partition coefficient (Wildman–Crippen LogP) is 7.03. The van der Waals surface area contributed by atoms with Gasteiger partial charge in [0.15, 0.2) is 0 Å². The van der Waals surface area contributed by atoms with Crippen LogP contribution in [0.3, 0.4) is 0 Å². The molecule has 2 fully saturated rings. The zero-order valence-electron chi connectivity index (χ0n) is 25.2. The van der Waals surface area contributed by atoms with Crippen LogP contribution in [0.25, 0.3) is 5.65 Å². The van der Waals surface area contributed by atoms with Crippen molar-refractivity contribution < 1.29 is 9.18 Å². The molecule has 216 valence electrons. The average Bonchev–Trinajstić information content (AvgIpc) is 3.75. The minimum absolute atomic E-state index is 0.148. The van der Waals surface area contributed by atoms with Crippen LogP contribution in [0.1, 0.15) is 95.2 Å². The summed E-state index contributed by atoms with van der Waals surface area (Å²) in [6.45, 7) is 16.3. The molecular formula is C32H50FN5O. The number of piperazine rings is 1. The number of imidazole rings is 1. The normalized spacial score (nSPS) is 13.9. The molecule has 39 heavy (non-hydrogen) atoms. The lowest BCUT2D eigenvalue weighted by Crippen LogP contribution is -2.44. The Morgan fingerprint density at radius 2 is 1.67 bits per heavy atom. The van der Waals surface area contributed by atoms with Gasteiger partial charge in [-0.1, -0.05) is 52.9 Å². The van der Waals surface area contributed by atoms with Crippen molar-refractivity contribution in [2.75, 3.05) is 31.1 Å². The van der Waals surface area contributed by atoms with Crippen LogP contribution in [-0.2, 0) is 17.6 Å². The molecule has 0 unspecified atom stereocenters. The van der Waals surface area contributed by atoms with Gasteiger partial charge in [0.25, 0.3) is 0 Å². The van der Waals surface area contributed by atoms with Crippen LogP contribution in [0.15, 0.2) is 30.7 Å². The molecule has 1 aliphatic heterocycles. The molecule has 0 bridgehead atoms. The number of Topliss-reactive ketones (excluding diaryl/α,β-unsaturated/α-hetero) is 1. The fourth-order valence-electron chi connectivity index (χ4n) is 4.33. The number of pyridine rings is 2. The molecule has 1 aliphatic carbocycles. The van der Waals surface area contributed by atoms with Gasteiger partial charge in [-0.15, -0.1) is 0 Å². The maximum Gasteiger partial charge on any atom is 0.139 e. The van der Waals surface area contributed by atoms with Gasteiger partial charge in [-0.25, -0.2) is 9.37 Å². The van der Waals surface area contributed by atoms with Crippen molar-refractivity contribution in [3.63, 3.8) is 0 Å². The number of carbonyl (C=O) groups excluding carboxylic acids is 1. The minimum Gasteiger partial charge on any atom is -0.369 e. The monoisotopic (exact) mass is 539 g/mol. The molecule has 1 N–H and O–H groups in total. The highest BCUT2D eigenvalue weighted by molar-refractivity contribution is 5.75. The molecule has 0 radical (unpaired) electrons. The zero-order valence-corrected chi connectivity index (χ0v) is 25.2. The van der Waals surface area contributed by atoms with E-state index in [1.54, 1.807) is 6.92 Å². The van der Waals surface area contributed by atoms with Gasteiger partial charge >= 0.3 is 0 Å². The van der Waals surface area contributed by atoms with Crippen molar-refractivity contribution in [2.45, 2.75) is 99.3 Å². The molecule has 1 saturated carbocycles. The van der Waals surface area contributed by atoms with Gasteiger partial charge in [0.2, 0.25) is 0 Å². The van der Waals surface area contributed by atoms with Gasteiger partial charge in [0.05, 0.1) is 5.69 Å². The van der Waals surface area contributed by atoms with Crippen molar-refractivity contribution in [3.8, 4) is 0 Å². The first-order valence-electron chi connectivity index (χ1n) is 14.8. The number of aromatic nitrogens is 3. The second kappa shape index (κ2) is 17.7. The summed E-state index contributed by atoms with van der Waals surface area (Å²) in [6, 6.07) is 3.67. The number of anilines is 1. The molecule has 1 saturated heterocycles. The number of aryl methyl sites for hydroxylation is 3. The highest BCUT2D eigenvalue weighted by Crippen LogP contribution is 2.24. The standard InChI is InChI=1S/C13H21N3.C11H13FN2.C5H10O.C3H6/c1-3-4-12-11(2)15-6-5-13(12)16-9-7-14-8-10-16;1-3-4-9-7-14-6-8(2)13-11(14)5-10(9)12;1-3-4-5(2)6;1-2-3-1/h5-6,14H,3-4,7-10H2,1-2H3;5-7H,3-4H2,1-2H3;3-4H2,1-2H3;1-3H2. The maximum atomic E-state index is 13.5. The summed E-state index contributed by atoms with van der Waals surface area (Å²) < 4.78 is 15.3. The molecule has 5 rings (SSSR count). The maximum absolute atomic E-state index is 13.5. The molecule has 4 heterocycles. The van der Waals surface area contributed by atoms with Crippen LogP contribution in [0.5, 0.6) is 0 Å². The second-order valence-corrected chi connectivity index (χ2v) is 10.4. The Morgan fingerprint density at radius 1 is 1.00 bits per heavy atom. The lowest BCUT2D eigenvalue weighted by molar-refractivity contribution is -0.117. The highest BCUT2D eigenvalue weighted by Gasteiger charge is 2.15. The van der Waals surface area contributed by atoms with Gasteiger partial charge in [0, 0.05) is 74.2 Å². The van der Waals surface area contributed by atoms with E-state index in [-0.39, 0.29) is 11.6 Å². The first kappa shape index (κ1) is 32.4. The van der Waals surface area contributed by atoms with Crippen molar-refractivity contribution >= 4 is 17.1 Å². The third kappa shape index (κ3) is 11.9. The first-order valence-corrected chi connectivity index (χ1v) is 14.8. The van der Waals surface area contributed by atoms with E-state index in [4.69, 9.17) is 0 Å². The largest absolute Gasteiger partial charge is 0.369 e. The Labute approximate surface area is 235 Å². The quantitative estimate of drug-likeness (QED) is 0.349. The van der Waals surface area contributed by atoms with Crippen LogP contribution in [0, 0.1) is 19.7 Å². The number of ketones is 1. The Morgan fingerprint density at radius 3 is 2.21 bits per heavy atom. The van der Waals surface area contributed by atoms with Crippen LogP contribution in [0.2, 0.25) is 0 Å². The van der Waals surface area contributed by atoms with Crippen LogP contribution >= 0.6 is 0 Å². The molecular weight excluding hydrogens is 489 g/mol. The molecule has 0 atom stereocenters. The van der Waals surface area contributed by atoms with Gasteiger partial charge in [-0.05, 0) is 51.7 Å². The molecule has 0 spiro atoms. The molecule has 6 nitrogen and oxygen atoms in total. The molecule has 2 aliphatic rings. The van der Waals surface area contributed by atoms with Gasteiger partial charge < -0.3 is 19.4 Å². The Bertz CT molecular complexity index is 1130. The van der Waals surface area contributed by atoms with E-state index in [0.29, 0.717) is 5.65 Å². The molecule has 3 aromatic rings. The van der Waals surface area contributed by atoms with E-state index in [0.717, 1.165) is 69.5 Å². The summed E-state index contributed by atoms with van der Waals surface area (Å²) in [5.41, 5.74) is 6.39. The Balaban J connectivity index is 0.000000210. The molecule has 0 amide bonds. The average molecular weight is 540 g/mol. The molecule has 0 aromatic carbocycles. The van der Waals surface area contributed by atoms with Crippen LogP contribution < -0.4 is 10.2 Å². The first-order chi connectivity index (χ1) is 18.8. The van der Waals surface area contributed by atoms with E-state index in [2.05, 4.69) is 40.1 Å². The minimum atomic E-state index is -0.148. The summed E-state index contributed by atoms with van der Waals surface area (Å²) in [4.78, 5) is 21.1. The summed E-state index contributed by atoms with van der Waals surface area (Å²) in [7, 11) is 0. The third-order valence-electron chi connectivity index (χ3n) is 6.42. The van der Waals surface area contributed by atoms with Crippen molar-refractivity contribution in [1.29, 1.82) is 0 Å². The lowest BCUT2D eigenvalue weighted by atomic mass is 10.1. The van der Waals surface area contributed by atoms with Crippen LogP contribution in [0.4, 0.5) is 10.1 Å². The summed E-state index contributed by atoms with van der Waals surface area (Å²) in [6.07, 6.45) is 15.9. The number of fused-ring (bicyclic) bond motifs is 1. The number of nitrogens with one attached hydrogen (secondary N) is 1. The summed E-state index contributed by atoms with van der Waals surface area (Å²) >= 11 is 0. The predicted molar refractivity (Wildman–Crippen MR) is 161 cm³/mol. The lowest BCUT2D eigenvalue weighted by Gasteiger charge is -2.31.